The Morgan fingerprint density at radius 1 is 1.27 bits per heavy atom. The van der Waals surface area contributed by atoms with Gasteiger partial charge in [-0.15, -0.1) is 0 Å². The van der Waals surface area contributed by atoms with Crippen LogP contribution in [-0.2, 0) is 9.53 Å². The average molecular weight is 411 g/mol. The molecule has 6 nitrogen and oxygen atoms in total. The van der Waals surface area contributed by atoms with Crippen molar-refractivity contribution in [3.8, 4) is 11.1 Å². The van der Waals surface area contributed by atoms with Crippen LogP contribution in [0.1, 0.15) is 45.9 Å². The molecule has 2 bridgehead atoms. The van der Waals surface area contributed by atoms with Crippen LogP contribution in [0, 0.1) is 11.7 Å². The number of fused-ring (bicyclic) bond motifs is 4. The number of ether oxygens (including phenoxy) is 1. The quantitative estimate of drug-likeness (QED) is 0.648. The SMILES string of the molecule is C[C@@H]1/C=C/C[C@H](NC(=O)OC(C)(C)C)c2cc(ccn2)-c2cc(F)ccc2NC1=O. The predicted molar refractivity (Wildman–Crippen MR) is 113 cm³/mol. The third kappa shape index (κ3) is 5.43. The molecular formula is C23H26FN3O3. The van der Waals surface area contributed by atoms with Crippen LogP contribution < -0.4 is 10.6 Å². The third-order valence-corrected chi connectivity index (χ3v) is 4.59. The highest BCUT2D eigenvalue weighted by atomic mass is 19.1. The molecule has 1 aromatic carbocycles. The van der Waals surface area contributed by atoms with E-state index in [4.69, 9.17) is 4.74 Å². The van der Waals surface area contributed by atoms with Crippen LogP contribution in [-0.4, -0.2) is 22.6 Å². The van der Waals surface area contributed by atoms with Gasteiger partial charge in [0, 0.05) is 17.4 Å². The van der Waals surface area contributed by atoms with Gasteiger partial charge in [0.05, 0.1) is 17.7 Å². The Bertz CT molecular complexity index is 982. The highest BCUT2D eigenvalue weighted by Gasteiger charge is 2.22. The number of pyridine rings is 1. The molecular weight excluding hydrogens is 385 g/mol. The lowest BCUT2D eigenvalue weighted by Gasteiger charge is -2.23. The van der Waals surface area contributed by atoms with Crippen LogP contribution in [0.5, 0.6) is 0 Å². The predicted octanol–water partition coefficient (Wildman–Crippen LogP) is 4.99. The number of alkyl carbamates (subject to hydrolysis) is 1. The smallest absolute Gasteiger partial charge is 0.408 e. The van der Waals surface area contributed by atoms with E-state index in [2.05, 4.69) is 15.6 Å². The Morgan fingerprint density at radius 3 is 2.77 bits per heavy atom. The van der Waals surface area contributed by atoms with Crippen molar-refractivity contribution in [2.75, 3.05) is 5.32 Å². The van der Waals surface area contributed by atoms with Gasteiger partial charge in [-0.25, -0.2) is 9.18 Å². The van der Waals surface area contributed by atoms with E-state index in [1.54, 1.807) is 58.2 Å². The number of nitrogens with one attached hydrogen (secondary N) is 2. The largest absolute Gasteiger partial charge is 0.444 e. The molecule has 0 aliphatic carbocycles. The number of halogens is 1. The molecule has 3 rings (SSSR count). The maximum atomic E-state index is 14.0. The van der Waals surface area contributed by atoms with Crippen LogP contribution in [0.3, 0.4) is 0 Å². The molecule has 2 atom stereocenters. The van der Waals surface area contributed by atoms with E-state index in [9.17, 15) is 14.0 Å². The van der Waals surface area contributed by atoms with Crippen molar-refractivity contribution >= 4 is 17.7 Å². The van der Waals surface area contributed by atoms with Gasteiger partial charge in [-0.3, -0.25) is 9.78 Å². The summed E-state index contributed by atoms with van der Waals surface area (Å²) in [6.45, 7) is 7.14. The lowest BCUT2D eigenvalue weighted by Crippen LogP contribution is -2.35. The third-order valence-electron chi connectivity index (χ3n) is 4.59. The second kappa shape index (κ2) is 8.65. The molecule has 0 spiro atoms. The fraction of sp³-hybridized carbons (Fsp3) is 0.348. The van der Waals surface area contributed by atoms with E-state index in [-0.39, 0.29) is 5.91 Å². The number of hydrogen-bond acceptors (Lipinski definition) is 4. The normalized spacial score (nSPS) is 20.1. The molecule has 2 amide bonds. The highest BCUT2D eigenvalue weighted by Crippen LogP contribution is 2.31. The molecule has 158 valence electrons. The monoisotopic (exact) mass is 411 g/mol. The van der Waals surface area contributed by atoms with Crippen molar-refractivity contribution in [1.29, 1.82) is 0 Å². The summed E-state index contributed by atoms with van der Waals surface area (Å²) in [7, 11) is 0. The number of carbonyl (C=O) groups is 2. The Kier molecular flexibility index (Phi) is 6.20. The summed E-state index contributed by atoms with van der Waals surface area (Å²) in [5, 5.41) is 5.71. The molecule has 0 unspecified atom stereocenters. The van der Waals surface area contributed by atoms with Gasteiger partial charge in [-0.2, -0.15) is 0 Å². The maximum Gasteiger partial charge on any atom is 0.408 e. The first-order valence-electron chi connectivity index (χ1n) is 9.85. The summed E-state index contributed by atoms with van der Waals surface area (Å²) < 4.78 is 19.4. The number of rotatable bonds is 1. The van der Waals surface area contributed by atoms with Gasteiger partial charge in [0.15, 0.2) is 0 Å². The fourth-order valence-corrected chi connectivity index (χ4v) is 3.13. The van der Waals surface area contributed by atoms with Crippen molar-refractivity contribution in [3.05, 3.63) is 60.2 Å². The van der Waals surface area contributed by atoms with E-state index in [0.29, 0.717) is 28.9 Å². The lowest BCUT2D eigenvalue weighted by molar-refractivity contribution is -0.118. The Hall–Kier alpha value is -3.22. The van der Waals surface area contributed by atoms with Crippen molar-refractivity contribution in [1.82, 2.24) is 10.3 Å². The molecule has 2 N–H and O–H groups in total. The van der Waals surface area contributed by atoms with Crippen LogP contribution in [0.25, 0.3) is 11.1 Å². The molecule has 1 aromatic heterocycles. The van der Waals surface area contributed by atoms with Gasteiger partial charge in [-0.05, 0) is 63.1 Å². The van der Waals surface area contributed by atoms with Gasteiger partial charge in [0.25, 0.3) is 0 Å². The maximum absolute atomic E-state index is 14.0. The second-order valence-electron chi connectivity index (χ2n) is 8.30. The summed E-state index contributed by atoms with van der Waals surface area (Å²) in [6.07, 6.45) is 5.07. The summed E-state index contributed by atoms with van der Waals surface area (Å²) in [5.74, 6) is -1.02. The number of hydrogen-bond donors (Lipinski definition) is 2. The van der Waals surface area contributed by atoms with Crippen molar-refractivity contribution in [2.45, 2.75) is 45.8 Å². The molecule has 7 heteroatoms. The number of anilines is 1. The first-order valence-corrected chi connectivity index (χ1v) is 9.85. The summed E-state index contributed by atoms with van der Waals surface area (Å²) in [5.41, 5.74) is 1.71. The van der Waals surface area contributed by atoms with Gasteiger partial charge in [0.2, 0.25) is 5.91 Å². The molecule has 1 aliphatic heterocycles. The first kappa shape index (κ1) is 21.5. The highest BCUT2D eigenvalue weighted by molar-refractivity contribution is 5.97. The van der Waals surface area contributed by atoms with Crippen LogP contribution in [0.4, 0.5) is 14.9 Å². The Labute approximate surface area is 175 Å². The van der Waals surface area contributed by atoms with Gasteiger partial charge in [0.1, 0.15) is 11.4 Å². The van der Waals surface area contributed by atoms with Gasteiger partial charge in [-0.1, -0.05) is 19.1 Å². The van der Waals surface area contributed by atoms with Crippen LogP contribution >= 0.6 is 0 Å². The number of benzene rings is 1. The summed E-state index contributed by atoms with van der Waals surface area (Å²) in [4.78, 5) is 29.3. The van der Waals surface area contributed by atoms with E-state index in [1.165, 1.54) is 12.1 Å². The lowest BCUT2D eigenvalue weighted by atomic mass is 9.99. The fourth-order valence-electron chi connectivity index (χ4n) is 3.13. The molecule has 0 saturated heterocycles. The molecule has 0 saturated carbocycles. The van der Waals surface area contributed by atoms with Crippen LogP contribution in [0.2, 0.25) is 0 Å². The zero-order valence-electron chi connectivity index (χ0n) is 17.5. The molecule has 30 heavy (non-hydrogen) atoms. The minimum atomic E-state index is -0.635. The standard InChI is InChI=1S/C23H26FN3O3/c1-14-6-5-7-19(27-22(29)30-23(2,3)4)20-12-15(10-11-25-20)17-13-16(24)8-9-18(17)26-21(14)28/h5-6,8-14,19H,7H2,1-4H3,(H,26,28)(H,27,29)/b6-5+/t14-,19+/m1/s1. The number of carbonyl (C=O) groups excluding carboxylic acids is 2. The molecule has 2 heterocycles. The van der Waals surface area contributed by atoms with Gasteiger partial charge < -0.3 is 15.4 Å². The van der Waals surface area contributed by atoms with Crippen molar-refractivity contribution in [2.24, 2.45) is 5.92 Å². The van der Waals surface area contributed by atoms with E-state index in [0.717, 1.165) is 0 Å². The number of amides is 2. The van der Waals surface area contributed by atoms with Crippen molar-refractivity contribution < 1.29 is 18.7 Å². The average Bonchev–Trinajstić information content (AvgIpc) is 2.66. The summed E-state index contributed by atoms with van der Waals surface area (Å²) >= 11 is 0. The molecule has 0 radical (unpaired) electrons. The Morgan fingerprint density at radius 2 is 2.03 bits per heavy atom. The zero-order valence-corrected chi connectivity index (χ0v) is 17.5. The van der Waals surface area contributed by atoms with Crippen LogP contribution in [0.15, 0.2) is 48.7 Å². The number of aromatic nitrogens is 1. The molecule has 2 aromatic rings. The molecule has 0 fully saturated rings. The number of nitrogens with zero attached hydrogens (tertiary/aromatic N) is 1. The van der Waals surface area contributed by atoms with E-state index >= 15 is 0 Å². The second-order valence-corrected chi connectivity index (χ2v) is 8.30. The minimum Gasteiger partial charge on any atom is -0.444 e. The zero-order chi connectivity index (χ0) is 21.9. The van der Waals surface area contributed by atoms with E-state index in [1.807, 2.05) is 6.08 Å². The van der Waals surface area contributed by atoms with Gasteiger partial charge >= 0.3 is 6.09 Å². The van der Waals surface area contributed by atoms with Crippen molar-refractivity contribution in [3.63, 3.8) is 0 Å². The molecule has 1 aliphatic rings. The summed E-state index contributed by atoms with van der Waals surface area (Å²) in [6, 6.07) is 7.27. The Balaban J connectivity index is 2.04. The minimum absolute atomic E-state index is 0.203. The topological polar surface area (TPSA) is 80.3 Å². The first-order chi connectivity index (χ1) is 14.1. The van der Waals surface area contributed by atoms with E-state index < -0.39 is 29.5 Å².